The first-order chi connectivity index (χ1) is 7.60. The Morgan fingerprint density at radius 3 is 2.12 bits per heavy atom. The number of hydrogen-bond donors (Lipinski definition) is 1. The first kappa shape index (κ1) is 15.9. The van der Waals surface area contributed by atoms with Crippen LogP contribution in [-0.2, 0) is 0 Å². The summed E-state index contributed by atoms with van der Waals surface area (Å²) in [5.41, 5.74) is 0. The Hall–Kier alpha value is -0.120. The van der Waals surface area contributed by atoms with Gasteiger partial charge in [0.1, 0.15) is 0 Å². The fourth-order valence-electron chi connectivity index (χ4n) is 1.79. The Morgan fingerprint density at radius 2 is 1.62 bits per heavy atom. The molecule has 0 saturated carbocycles. The highest BCUT2D eigenvalue weighted by Gasteiger charge is 2.05. The SMILES string of the molecule is CCC(O)CCCN(CC)CCCN(C)C. The minimum absolute atomic E-state index is 0.0968. The van der Waals surface area contributed by atoms with Crippen molar-refractivity contribution in [2.45, 2.75) is 45.6 Å². The average molecular weight is 230 g/mol. The highest BCUT2D eigenvalue weighted by atomic mass is 16.3. The second-order valence-corrected chi connectivity index (χ2v) is 4.80. The summed E-state index contributed by atoms with van der Waals surface area (Å²) in [4.78, 5) is 4.71. The second kappa shape index (κ2) is 10.1. The zero-order chi connectivity index (χ0) is 12.4. The number of hydrogen-bond acceptors (Lipinski definition) is 3. The number of aliphatic hydroxyl groups excluding tert-OH is 1. The van der Waals surface area contributed by atoms with Gasteiger partial charge in [-0.15, -0.1) is 0 Å². The van der Waals surface area contributed by atoms with Gasteiger partial charge in [0.15, 0.2) is 0 Å². The monoisotopic (exact) mass is 230 g/mol. The molecule has 1 unspecified atom stereocenters. The smallest absolute Gasteiger partial charge is 0.0538 e. The third kappa shape index (κ3) is 9.13. The molecule has 0 aromatic heterocycles. The van der Waals surface area contributed by atoms with Crippen LogP contribution >= 0.6 is 0 Å². The molecule has 0 aliphatic carbocycles. The van der Waals surface area contributed by atoms with Gasteiger partial charge in [-0.25, -0.2) is 0 Å². The van der Waals surface area contributed by atoms with Crippen LogP contribution < -0.4 is 0 Å². The van der Waals surface area contributed by atoms with Gasteiger partial charge in [0.2, 0.25) is 0 Å². The summed E-state index contributed by atoms with van der Waals surface area (Å²) >= 11 is 0. The van der Waals surface area contributed by atoms with Crippen LogP contribution in [-0.4, -0.2) is 61.3 Å². The van der Waals surface area contributed by atoms with E-state index in [2.05, 4.69) is 30.8 Å². The molecular weight excluding hydrogens is 200 g/mol. The third-order valence-corrected chi connectivity index (χ3v) is 3.01. The summed E-state index contributed by atoms with van der Waals surface area (Å²) in [6, 6.07) is 0. The van der Waals surface area contributed by atoms with Crippen LogP contribution in [0.15, 0.2) is 0 Å². The van der Waals surface area contributed by atoms with Gasteiger partial charge in [-0.2, -0.15) is 0 Å². The molecule has 0 spiro atoms. The van der Waals surface area contributed by atoms with Crippen molar-refractivity contribution in [3.8, 4) is 0 Å². The minimum atomic E-state index is -0.0968. The van der Waals surface area contributed by atoms with Crippen molar-refractivity contribution in [2.24, 2.45) is 0 Å². The Kier molecular flexibility index (Phi) is 9.99. The highest BCUT2D eigenvalue weighted by Crippen LogP contribution is 2.03. The summed E-state index contributed by atoms with van der Waals surface area (Å²) in [6.45, 7) is 8.84. The number of rotatable bonds is 10. The zero-order valence-corrected chi connectivity index (χ0v) is 11.6. The molecule has 0 radical (unpaired) electrons. The van der Waals surface area contributed by atoms with Crippen LogP contribution in [0.2, 0.25) is 0 Å². The lowest BCUT2D eigenvalue weighted by atomic mass is 10.1. The molecule has 0 aliphatic heterocycles. The first-order valence-corrected chi connectivity index (χ1v) is 6.65. The van der Waals surface area contributed by atoms with Crippen molar-refractivity contribution in [2.75, 3.05) is 40.3 Å². The van der Waals surface area contributed by atoms with Crippen LogP contribution in [0.3, 0.4) is 0 Å². The number of nitrogens with zero attached hydrogens (tertiary/aromatic N) is 2. The van der Waals surface area contributed by atoms with E-state index in [0.717, 1.165) is 38.9 Å². The van der Waals surface area contributed by atoms with Gasteiger partial charge in [0.25, 0.3) is 0 Å². The molecule has 0 amide bonds. The fraction of sp³-hybridized carbons (Fsp3) is 1.00. The van der Waals surface area contributed by atoms with E-state index in [1.165, 1.54) is 13.0 Å². The summed E-state index contributed by atoms with van der Waals surface area (Å²) in [5, 5.41) is 9.47. The van der Waals surface area contributed by atoms with Crippen LogP contribution in [0.5, 0.6) is 0 Å². The quantitative estimate of drug-likeness (QED) is 0.620. The lowest BCUT2D eigenvalue weighted by Gasteiger charge is -2.21. The molecule has 3 nitrogen and oxygen atoms in total. The van der Waals surface area contributed by atoms with E-state index in [9.17, 15) is 5.11 Å². The van der Waals surface area contributed by atoms with E-state index in [4.69, 9.17) is 0 Å². The summed E-state index contributed by atoms with van der Waals surface area (Å²) in [6.07, 6.45) is 4.08. The minimum Gasteiger partial charge on any atom is -0.393 e. The summed E-state index contributed by atoms with van der Waals surface area (Å²) < 4.78 is 0. The van der Waals surface area contributed by atoms with E-state index >= 15 is 0 Å². The molecule has 0 aromatic carbocycles. The van der Waals surface area contributed by atoms with Gasteiger partial charge < -0.3 is 14.9 Å². The summed E-state index contributed by atoms with van der Waals surface area (Å²) in [7, 11) is 4.24. The van der Waals surface area contributed by atoms with E-state index in [1.807, 2.05) is 6.92 Å². The van der Waals surface area contributed by atoms with Crippen molar-refractivity contribution in [3.05, 3.63) is 0 Å². The van der Waals surface area contributed by atoms with E-state index in [0.29, 0.717) is 0 Å². The molecule has 0 aromatic rings. The fourth-order valence-corrected chi connectivity index (χ4v) is 1.79. The Labute approximate surface area is 101 Å². The van der Waals surface area contributed by atoms with Gasteiger partial charge in [0.05, 0.1) is 6.10 Å². The van der Waals surface area contributed by atoms with Crippen LogP contribution in [0.1, 0.15) is 39.5 Å². The second-order valence-electron chi connectivity index (χ2n) is 4.80. The van der Waals surface area contributed by atoms with E-state index in [1.54, 1.807) is 0 Å². The van der Waals surface area contributed by atoms with Crippen LogP contribution in [0.25, 0.3) is 0 Å². The maximum atomic E-state index is 9.47. The van der Waals surface area contributed by atoms with Crippen LogP contribution in [0, 0.1) is 0 Å². The van der Waals surface area contributed by atoms with Crippen molar-refractivity contribution >= 4 is 0 Å². The Bertz CT molecular complexity index is 151. The van der Waals surface area contributed by atoms with Crippen molar-refractivity contribution in [3.63, 3.8) is 0 Å². The highest BCUT2D eigenvalue weighted by molar-refractivity contribution is 4.60. The summed E-state index contributed by atoms with van der Waals surface area (Å²) in [5.74, 6) is 0. The van der Waals surface area contributed by atoms with Crippen molar-refractivity contribution in [1.29, 1.82) is 0 Å². The molecular formula is C13H30N2O. The van der Waals surface area contributed by atoms with Gasteiger partial charge in [-0.3, -0.25) is 0 Å². The molecule has 0 rings (SSSR count). The third-order valence-electron chi connectivity index (χ3n) is 3.01. The maximum Gasteiger partial charge on any atom is 0.0538 e. The predicted molar refractivity (Wildman–Crippen MR) is 70.8 cm³/mol. The lowest BCUT2D eigenvalue weighted by Crippen LogP contribution is -2.28. The molecule has 98 valence electrons. The molecule has 0 saturated heterocycles. The van der Waals surface area contributed by atoms with Gasteiger partial charge in [-0.05, 0) is 66.0 Å². The molecule has 0 aliphatic rings. The lowest BCUT2D eigenvalue weighted by molar-refractivity contribution is 0.149. The first-order valence-electron chi connectivity index (χ1n) is 6.65. The zero-order valence-electron chi connectivity index (χ0n) is 11.6. The molecule has 1 N–H and O–H groups in total. The normalized spacial score (nSPS) is 13.7. The molecule has 3 heteroatoms. The van der Waals surface area contributed by atoms with Crippen molar-refractivity contribution in [1.82, 2.24) is 9.80 Å². The molecule has 0 heterocycles. The Balaban J connectivity index is 3.51. The van der Waals surface area contributed by atoms with E-state index in [-0.39, 0.29) is 6.10 Å². The predicted octanol–water partition coefficient (Wildman–Crippen LogP) is 1.81. The Morgan fingerprint density at radius 1 is 1.00 bits per heavy atom. The molecule has 16 heavy (non-hydrogen) atoms. The molecule has 1 atom stereocenters. The van der Waals surface area contributed by atoms with E-state index < -0.39 is 0 Å². The van der Waals surface area contributed by atoms with Gasteiger partial charge >= 0.3 is 0 Å². The number of aliphatic hydroxyl groups is 1. The largest absolute Gasteiger partial charge is 0.393 e. The average Bonchev–Trinajstić information content (AvgIpc) is 2.26. The van der Waals surface area contributed by atoms with Gasteiger partial charge in [-0.1, -0.05) is 13.8 Å². The topological polar surface area (TPSA) is 26.7 Å². The van der Waals surface area contributed by atoms with Crippen LogP contribution in [0.4, 0.5) is 0 Å². The van der Waals surface area contributed by atoms with Gasteiger partial charge in [0, 0.05) is 0 Å². The maximum absolute atomic E-state index is 9.47. The molecule has 0 bridgehead atoms. The van der Waals surface area contributed by atoms with Crippen molar-refractivity contribution < 1.29 is 5.11 Å². The standard InChI is InChI=1S/C13H30N2O/c1-5-13(16)9-7-11-15(6-2)12-8-10-14(3)4/h13,16H,5-12H2,1-4H3. The molecule has 0 fully saturated rings.